The average molecular weight is 297 g/mol. The van der Waals surface area contributed by atoms with Crippen LogP contribution in [0.1, 0.15) is 62.5 Å². The van der Waals surface area contributed by atoms with Crippen LogP contribution in [0.15, 0.2) is 12.1 Å². The average Bonchev–Trinajstić information content (AvgIpc) is 2.55. The smallest absolute Gasteiger partial charge is 0.139 e. The van der Waals surface area contributed by atoms with Crippen molar-refractivity contribution in [3.05, 3.63) is 29.3 Å². The third kappa shape index (κ3) is 1.96. The zero-order valence-corrected chi connectivity index (χ0v) is 13.7. The van der Waals surface area contributed by atoms with Crippen LogP contribution in [-0.2, 0) is 11.2 Å². The summed E-state index contributed by atoms with van der Waals surface area (Å²) >= 11 is 0. The van der Waals surface area contributed by atoms with Gasteiger partial charge in [-0.25, -0.2) is 0 Å². The molecule has 2 saturated carbocycles. The van der Waals surface area contributed by atoms with Crippen LogP contribution >= 0.6 is 0 Å². The van der Waals surface area contributed by atoms with Gasteiger partial charge in [-0.1, -0.05) is 6.92 Å². The van der Waals surface area contributed by atoms with Gasteiger partial charge in [0.1, 0.15) is 11.5 Å². The summed E-state index contributed by atoms with van der Waals surface area (Å²) in [6, 6.07) is 7.57. The van der Waals surface area contributed by atoms with E-state index in [1.165, 1.54) is 24.0 Å². The molecule has 1 aromatic rings. The summed E-state index contributed by atoms with van der Waals surface area (Å²) in [5.41, 5.74) is 2.89. The molecule has 2 heteroatoms. The Kier molecular flexibility index (Phi) is 3.32. The van der Waals surface area contributed by atoms with E-state index in [4.69, 9.17) is 4.74 Å². The molecule has 3 aliphatic rings. The van der Waals surface area contributed by atoms with Crippen molar-refractivity contribution < 1.29 is 9.53 Å². The molecule has 0 aromatic heterocycles. The van der Waals surface area contributed by atoms with Gasteiger partial charge in [0.2, 0.25) is 0 Å². The van der Waals surface area contributed by atoms with Gasteiger partial charge in [0.25, 0.3) is 0 Å². The molecular weight excluding hydrogens is 272 g/mol. The molecule has 0 aliphatic heterocycles. The van der Waals surface area contributed by atoms with E-state index < -0.39 is 0 Å². The van der Waals surface area contributed by atoms with E-state index in [1.807, 2.05) is 0 Å². The van der Waals surface area contributed by atoms with Crippen molar-refractivity contribution in [2.45, 2.75) is 57.8 Å². The lowest BCUT2D eigenvalue weighted by Crippen LogP contribution is -2.49. The lowest BCUT2D eigenvalue weighted by atomic mass is 9.50. The third-order valence-electron chi connectivity index (χ3n) is 6.80. The van der Waals surface area contributed by atoms with Crippen LogP contribution in [0, 0.1) is 23.3 Å². The molecule has 0 amide bonds. The normalized spacial score (nSPS) is 37.0. The fraction of sp³-hybridized carbons (Fsp3) is 0.650. The predicted octanol–water partition coefficient (Wildman–Crippen LogP) is 4.31. The number of ether oxygens (including phenoxy) is 1. The fourth-order valence-corrected chi connectivity index (χ4v) is 5.56. The third-order valence-corrected chi connectivity index (χ3v) is 6.80. The Hall–Kier alpha value is -1.31. The Balaban J connectivity index is 1.71. The first-order valence-corrected chi connectivity index (χ1v) is 8.75. The molecule has 22 heavy (non-hydrogen) atoms. The Morgan fingerprint density at radius 2 is 2.14 bits per heavy atom. The Morgan fingerprint density at radius 3 is 2.95 bits per heavy atom. The number of fused-ring (bicyclic) bond motifs is 5. The van der Waals surface area contributed by atoms with E-state index in [0.29, 0.717) is 23.5 Å². The number of rotatable bonds is 1. The quantitative estimate of drug-likeness (QED) is 0.772. The van der Waals surface area contributed by atoms with Crippen molar-refractivity contribution in [3.8, 4) is 5.75 Å². The maximum atomic E-state index is 12.5. The molecular formula is C20H25O2. The summed E-state index contributed by atoms with van der Waals surface area (Å²) in [7, 11) is 1.72. The molecule has 1 radical (unpaired) electrons. The number of hydrogen-bond acceptors (Lipinski definition) is 2. The highest BCUT2D eigenvalue weighted by molar-refractivity contribution is 5.85. The van der Waals surface area contributed by atoms with Gasteiger partial charge in [0.05, 0.1) is 7.11 Å². The van der Waals surface area contributed by atoms with Gasteiger partial charge in [-0.05, 0) is 79.5 Å². The van der Waals surface area contributed by atoms with E-state index in [0.717, 1.165) is 37.9 Å². The summed E-state index contributed by atoms with van der Waals surface area (Å²) < 4.78 is 5.39. The van der Waals surface area contributed by atoms with Gasteiger partial charge in [0.15, 0.2) is 0 Å². The first kappa shape index (κ1) is 14.3. The fourth-order valence-electron chi connectivity index (χ4n) is 5.56. The maximum absolute atomic E-state index is 12.5. The zero-order chi connectivity index (χ0) is 15.3. The molecule has 0 N–H and O–H groups in total. The zero-order valence-electron chi connectivity index (χ0n) is 13.7. The molecule has 1 aromatic carbocycles. The topological polar surface area (TPSA) is 26.3 Å². The summed E-state index contributed by atoms with van der Waals surface area (Å²) in [6.07, 6.45) is 7.75. The van der Waals surface area contributed by atoms with Crippen LogP contribution in [0.4, 0.5) is 0 Å². The molecule has 2 fully saturated rings. The van der Waals surface area contributed by atoms with E-state index in [9.17, 15) is 4.79 Å². The van der Waals surface area contributed by atoms with Crippen molar-refractivity contribution in [2.75, 3.05) is 7.11 Å². The monoisotopic (exact) mass is 297 g/mol. The van der Waals surface area contributed by atoms with Crippen molar-refractivity contribution in [1.82, 2.24) is 0 Å². The number of aryl methyl sites for hydroxylation is 1. The number of hydrogen-bond donors (Lipinski definition) is 0. The standard InChI is InChI=1S/C20H25O2/c1-20-11-10-15-16(18(20)4-3-5-19(20)21)9-7-13-6-8-14(22-2)12-17(13)15/h6,12,15-16,18H,3-5,7,9-11H2,1-2H3/t15-,16+,18-,20-/m0/s1. The highest BCUT2D eigenvalue weighted by Crippen LogP contribution is 2.58. The first-order valence-electron chi connectivity index (χ1n) is 8.75. The molecule has 0 spiro atoms. The number of ketones is 1. The van der Waals surface area contributed by atoms with Crippen LogP contribution in [-0.4, -0.2) is 12.9 Å². The van der Waals surface area contributed by atoms with E-state index in [2.05, 4.69) is 25.1 Å². The lowest BCUT2D eigenvalue weighted by Gasteiger charge is -2.53. The number of Topliss-reactive ketones (excluding diaryl/α,β-unsaturated/α-hetero) is 1. The summed E-state index contributed by atoms with van der Waals surface area (Å²) in [6.45, 7) is 2.25. The van der Waals surface area contributed by atoms with Gasteiger partial charge in [0, 0.05) is 17.9 Å². The van der Waals surface area contributed by atoms with Gasteiger partial charge >= 0.3 is 0 Å². The van der Waals surface area contributed by atoms with E-state index in [-0.39, 0.29) is 5.41 Å². The van der Waals surface area contributed by atoms with Gasteiger partial charge < -0.3 is 4.74 Å². The molecule has 0 heterocycles. The second-order valence-corrected chi connectivity index (χ2v) is 7.67. The summed E-state index contributed by atoms with van der Waals surface area (Å²) in [4.78, 5) is 12.5. The van der Waals surface area contributed by atoms with Crippen molar-refractivity contribution in [3.63, 3.8) is 0 Å². The largest absolute Gasteiger partial charge is 0.496 e. The Bertz CT molecular complexity index is 606. The molecule has 2 nitrogen and oxygen atoms in total. The van der Waals surface area contributed by atoms with Crippen molar-refractivity contribution in [2.24, 2.45) is 17.3 Å². The van der Waals surface area contributed by atoms with Gasteiger partial charge in [-0.15, -0.1) is 0 Å². The molecule has 117 valence electrons. The number of benzene rings is 1. The van der Waals surface area contributed by atoms with Crippen LogP contribution in [0.5, 0.6) is 5.75 Å². The van der Waals surface area contributed by atoms with Crippen molar-refractivity contribution >= 4 is 5.78 Å². The Labute approximate surface area is 133 Å². The summed E-state index contributed by atoms with van der Waals surface area (Å²) in [5.74, 6) is 3.29. The Morgan fingerprint density at radius 1 is 1.27 bits per heavy atom. The molecule has 0 bridgehead atoms. The number of carbonyl (C=O) groups is 1. The maximum Gasteiger partial charge on any atom is 0.139 e. The lowest BCUT2D eigenvalue weighted by molar-refractivity contribution is -0.140. The highest BCUT2D eigenvalue weighted by Gasteiger charge is 2.52. The first-order chi connectivity index (χ1) is 10.6. The number of methoxy groups -OCH3 is 1. The molecule has 4 rings (SSSR count). The minimum absolute atomic E-state index is 0.0398. The predicted molar refractivity (Wildman–Crippen MR) is 86.1 cm³/mol. The second-order valence-electron chi connectivity index (χ2n) is 7.67. The molecule has 0 unspecified atom stereocenters. The van der Waals surface area contributed by atoms with Gasteiger partial charge in [-0.3, -0.25) is 4.79 Å². The van der Waals surface area contributed by atoms with Crippen LogP contribution in [0.2, 0.25) is 0 Å². The minimum Gasteiger partial charge on any atom is -0.496 e. The highest BCUT2D eigenvalue weighted by atomic mass is 16.5. The van der Waals surface area contributed by atoms with E-state index >= 15 is 0 Å². The van der Waals surface area contributed by atoms with Crippen LogP contribution < -0.4 is 4.74 Å². The van der Waals surface area contributed by atoms with Crippen LogP contribution in [0.25, 0.3) is 0 Å². The molecule has 0 saturated heterocycles. The minimum atomic E-state index is -0.0398. The second kappa shape index (κ2) is 5.11. The van der Waals surface area contributed by atoms with Gasteiger partial charge in [-0.2, -0.15) is 0 Å². The van der Waals surface area contributed by atoms with E-state index in [1.54, 1.807) is 7.11 Å². The van der Waals surface area contributed by atoms with Crippen molar-refractivity contribution in [1.29, 1.82) is 0 Å². The SMILES string of the molecule is COc1[c]cc2c(c1)[C@H]1CC[C@]3(C)C(=O)CCC[C@H]3[C@@H]1CC2. The van der Waals surface area contributed by atoms with Crippen LogP contribution in [0.3, 0.4) is 0 Å². The summed E-state index contributed by atoms with van der Waals surface area (Å²) in [5, 5.41) is 0. The number of carbonyl (C=O) groups excluding carboxylic acids is 1. The molecule has 3 aliphatic carbocycles. The molecule has 4 atom stereocenters.